The first-order valence-electron chi connectivity index (χ1n) is 8.06. The SMILES string of the molecule is CCN(CC)S(=O)(=O)c1ccc(CCNC(=O)C2CCNC2)s1.Cl. The van der Waals surface area contributed by atoms with Crippen molar-refractivity contribution in [2.45, 2.75) is 30.9 Å². The summed E-state index contributed by atoms with van der Waals surface area (Å²) in [6, 6.07) is 3.50. The van der Waals surface area contributed by atoms with Gasteiger partial charge in [-0.15, -0.1) is 23.7 Å². The van der Waals surface area contributed by atoms with Gasteiger partial charge in [-0.1, -0.05) is 13.8 Å². The van der Waals surface area contributed by atoms with Crippen molar-refractivity contribution in [3.8, 4) is 0 Å². The predicted molar refractivity (Wildman–Crippen MR) is 99.4 cm³/mol. The van der Waals surface area contributed by atoms with Crippen LogP contribution in [-0.2, 0) is 21.2 Å². The lowest BCUT2D eigenvalue weighted by molar-refractivity contribution is -0.124. The molecule has 1 aliphatic rings. The van der Waals surface area contributed by atoms with E-state index in [-0.39, 0.29) is 24.2 Å². The maximum atomic E-state index is 12.4. The number of carbonyl (C=O) groups excluding carboxylic acids is 1. The highest BCUT2D eigenvalue weighted by Crippen LogP contribution is 2.25. The van der Waals surface area contributed by atoms with Gasteiger partial charge < -0.3 is 10.6 Å². The van der Waals surface area contributed by atoms with Crippen LogP contribution in [0.1, 0.15) is 25.1 Å². The molecular formula is C15H26ClN3O3S2. The molecule has 1 amide bonds. The van der Waals surface area contributed by atoms with E-state index in [0.717, 1.165) is 24.4 Å². The summed E-state index contributed by atoms with van der Waals surface area (Å²) in [5.74, 6) is 0.152. The van der Waals surface area contributed by atoms with Gasteiger partial charge in [-0.2, -0.15) is 4.31 Å². The summed E-state index contributed by atoms with van der Waals surface area (Å²) in [6.07, 6.45) is 1.54. The number of rotatable bonds is 8. The molecule has 0 aliphatic carbocycles. The van der Waals surface area contributed by atoms with E-state index in [1.165, 1.54) is 15.6 Å². The number of amides is 1. The zero-order valence-corrected chi connectivity index (χ0v) is 16.5. The topological polar surface area (TPSA) is 78.5 Å². The molecule has 24 heavy (non-hydrogen) atoms. The molecule has 0 radical (unpaired) electrons. The van der Waals surface area contributed by atoms with Crippen LogP contribution in [0.4, 0.5) is 0 Å². The quantitative estimate of drug-likeness (QED) is 0.698. The lowest BCUT2D eigenvalue weighted by Gasteiger charge is -2.16. The lowest BCUT2D eigenvalue weighted by atomic mass is 10.1. The summed E-state index contributed by atoms with van der Waals surface area (Å²) < 4.78 is 26.7. The van der Waals surface area contributed by atoms with E-state index in [4.69, 9.17) is 0 Å². The molecule has 2 heterocycles. The monoisotopic (exact) mass is 395 g/mol. The van der Waals surface area contributed by atoms with Gasteiger partial charge in [0.1, 0.15) is 4.21 Å². The Labute approximate surface area is 154 Å². The first kappa shape index (κ1) is 21.4. The fourth-order valence-electron chi connectivity index (χ4n) is 2.65. The zero-order valence-electron chi connectivity index (χ0n) is 14.1. The fourth-order valence-corrected chi connectivity index (χ4v) is 5.62. The number of hydrogen-bond donors (Lipinski definition) is 2. The average Bonchev–Trinajstić information content (AvgIpc) is 3.20. The van der Waals surface area contributed by atoms with Crippen molar-refractivity contribution in [1.82, 2.24) is 14.9 Å². The Morgan fingerprint density at radius 3 is 2.67 bits per heavy atom. The Balaban J connectivity index is 0.00000288. The van der Waals surface area contributed by atoms with Crippen molar-refractivity contribution in [2.75, 3.05) is 32.7 Å². The number of nitrogens with zero attached hydrogens (tertiary/aromatic N) is 1. The number of sulfonamides is 1. The number of nitrogens with one attached hydrogen (secondary N) is 2. The normalized spacial score (nSPS) is 17.7. The summed E-state index contributed by atoms with van der Waals surface area (Å²) in [6.45, 7) is 6.80. The van der Waals surface area contributed by atoms with Crippen LogP contribution in [0.15, 0.2) is 16.3 Å². The van der Waals surface area contributed by atoms with Gasteiger partial charge in [0.05, 0.1) is 5.92 Å². The van der Waals surface area contributed by atoms with Crippen molar-refractivity contribution in [1.29, 1.82) is 0 Å². The van der Waals surface area contributed by atoms with Gasteiger partial charge in [-0.3, -0.25) is 4.79 Å². The van der Waals surface area contributed by atoms with Gasteiger partial charge in [0.15, 0.2) is 0 Å². The van der Waals surface area contributed by atoms with Gasteiger partial charge in [0.25, 0.3) is 10.0 Å². The number of thiophene rings is 1. The Kier molecular flexibility index (Phi) is 8.66. The number of hydrogen-bond acceptors (Lipinski definition) is 5. The minimum atomic E-state index is -3.38. The number of carbonyl (C=O) groups is 1. The van der Waals surface area contributed by atoms with Crippen LogP contribution in [0.2, 0.25) is 0 Å². The van der Waals surface area contributed by atoms with Crippen LogP contribution in [-0.4, -0.2) is 51.4 Å². The van der Waals surface area contributed by atoms with Crippen molar-refractivity contribution < 1.29 is 13.2 Å². The molecule has 2 N–H and O–H groups in total. The highest BCUT2D eigenvalue weighted by molar-refractivity contribution is 7.91. The molecule has 1 fully saturated rings. The highest BCUT2D eigenvalue weighted by atomic mass is 35.5. The highest BCUT2D eigenvalue weighted by Gasteiger charge is 2.24. The van der Waals surface area contributed by atoms with E-state index < -0.39 is 10.0 Å². The molecule has 6 nitrogen and oxygen atoms in total. The van der Waals surface area contributed by atoms with Crippen LogP contribution < -0.4 is 10.6 Å². The molecule has 1 aromatic heterocycles. The second-order valence-electron chi connectivity index (χ2n) is 5.54. The number of halogens is 1. The maximum absolute atomic E-state index is 12.4. The summed E-state index contributed by atoms with van der Waals surface area (Å²) in [7, 11) is -3.38. The Morgan fingerprint density at radius 1 is 1.38 bits per heavy atom. The molecule has 1 unspecified atom stereocenters. The zero-order chi connectivity index (χ0) is 16.9. The van der Waals surface area contributed by atoms with Gasteiger partial charge in [0, 0.05) is 31.1 Å². The molecule has 0 aromatic carbocycles. The fraction of sp³-hybridized carbons (Fsp3) is 0.667. The first-order valence-corrected chi connectivity index (χ1v) is 10.3. The molecule has 138 valence electrons. The van der Waals surface area contributed by atoms with Gasteiger partial charge in [-0.25, -0.2) is 8.42 Å². The van der Waals surface area contributed by atoms with Gasteiger partial charge in [0.2, 0.25) is 5.91 Å². The minimum Gasteiger partial charge on any atom is -0.355 e. The maximum Gasteiger partial charge on any atom is 0.252 e. The molecule has 1 atom stereocenters. The molecule has 1 saturated heterocycles. The van der Waals surface area contributed by atoms with Crippen LogP contribution in [0.25, 0.3) is 0 Å². The van der Waals surface area contributed by atoms with Crippen LogP contribution in [0, 0.1) is 5.92 Å². The predicted octanol–water partition coefficient (Wildman–Crippen LogP) is 1.47. The molecule has 9 heteroatoms. The van der Waals surface area contributed by atoms with Crippen LogP contribution in [0.5, 0.6) is 0 Å². The van der Waals surface area contributed by atoms with Gasteiger partial charge in [-0.05, 0) is 31.5 Å². The molecule has 1 aromatic rings. The standard InChI is InChI=1S/C15H25N3O3S2.ClH/c1-3-18(4-2)23(20,21)14-6-5-13(22-14)8-10-17-15(19)12-7-9-16-11-12;/h5-6,12,16H,3-4,7-11H2,1-2H3,(H,17,19);1H. The van der Waals surface area contributed by atoms with E-state index >= 15 is 0 Å². The Morgan fingerprint density at radius 2 is 2.08 bits per heavy atom. The van der Waals surface area contributed by atoms with Crippen LogP contribution in [0.3, 0.4) is 0 Å². The molecule has 0 saturated carbocycles. The molecule has 0 spiro atoms. The van der Waals surface area contributed by atoms with E-state index in [0.29, 0.717) is 30.3 Å². The third-order valence-corrected chi connectivity index (χ3v) is 7.70. The van der Waals surface area contributed by atoms with E-state index in [9.17, 15) is 13.2 Å². The van der Waals surface area contributed by atoms with Crippen molar-refractivity contribution in [2.24, 2.45) is 5.92 Å². The third-order valence-electron chi connectivity index (χ3n) is 4.04. The summed E-state index contributed by atoms with van der Waals surface area (Å²) >= 11 is 1.29. The van der Waals surface area contributed by atoms with Gasteiger partial charge >= 0.3 is 0 Å². The Hall–Kier alpha value is -0.670. The summed E-state index contributed by atoms with van der Waals surface area (Å²) in [5.41, 5.74) is 0. The van der Waals surface area contributed by atoms with E-state index in [2.05, 4.69) is 10.6 Å². The largest absolute Gasteiger partial charge is 0.355 e. The van der Waals surface area contributed by atoms with Crippen molar-refractivity contribution in [3.05, 3.63) is 17.0 Å². The first-order chi connectivity index (χ1) is 11.0. The van der Waals surface area contributed by atoms with E-state index in [1.807, 2.05) is 19.9 Å². The molecular weight excluding hydrogens is 370 g/mol. The van der Waals surface area contributed by atoms with E-state index in [1.54, 1.807) is 6.07 Å². The molecule has 2 rings (SSSR count). The average molecular weight is 396 g/mol. The van der Waals surface area contributed by atoms with Crippen molar-refractivity contribution in [3.63, 3.8) is 0 Å². The second kappa shape index (κ2) is 9.72. The molecule has 0 bridgehead atoms. The summed E-state index contributed by atoms with van der Waals surface area (Å²) in [4.78, 5) is 12.9. The van der Waals surface area contributed by atoms with Crippen LogP contribution >= 0.6 is 23.7 Å². The Bertz CT molecular complexity index is 624. The second-order valence-corrected chi connectivity index (χ2v) is 8.87. The summed E-state index contributed by atoms with van der Waals surface area (Å²) in [5, 5.41) is 6.11. The lowest BCUT2D eigenvalue weighted by Crippen LogP contribution is -2.33. The minimum absolute atomic E-state index is 0. The molecule has 1 aliphatic heterocycles. The third kappa shape index (κ3) is 5.16. The van der Waals surface area contributed by atoms with Crippen molar-refractivity contribution >= 4 is 39.7 Å². The smallest absolute Gasteiger partial charge is 0.252 e.